The summed E-state index contributed by atoms with van der Waals surface area (Å²) in [6.45, 7) is 2.79. The lowest BCUT2D eigenvalue weighted by Gasteiger charge is -2.26. The van der Waals surface area contributed by atoms with E-state index in [2.05, 4.69) is 20.3 Å². The number of aliphatic hydroxyl groups is 1. The third kappa shape index (κ3) is 3.18. The molecule has 2 aromatic heterocycles. The van der Waals surface area contributed by atoms with E-state index in [4.69, 9.17) is 0 Å². The molecule has 0 spiro atoms. The van der Waals surface area contributed by atoms with Crippen molar-refractivity contribution in [3.63, 3.8) is 0 Å². The van der Waals surface area contributed by atoms with E-state index in [1.165, 1.54) is 0 Å². The molecule has 1 aliphatic carbocycles. The third-order valence-electron chi connectivity index (χ3n) is 5.50. The molecule has 2 atom stereocenters. The number of carbonyl (C=O) groups is 1. The number of benzene rings is 1. The molecule has 0 bridgehead atoms. The number of hydrogen-bond acceptors (Lipinski definition) is 6. The molecule has 1 aromatic carbocycles. The summed E-state index contributed by atoms with van der Waals surface area (Å²) in [5.41, 5.74) is 3.76. The van der Waals surface area contributed by atoms with Gasteiger partial charge in [-0.2, -0.15) is 0 Å². The highest BCUT2D eigenvalue weighted by atomic mass is 32.2. The second-order valence-corrected chi connectivity index (χ2v) is 8.47. The van der Waals surface area contributed by atoms with Crippen molar-refractivity contribution in [1.82, 2.24) is 20.3 Å². The van der Waals surface area contributed by atoms with E-state index in [0.29, 0.717) is 11.3 Å². The molecular weight excluding hydrogens is 386 g/mol. The van der Waals surface area contributed by atoms with E-state index in [-0.39, 0.29) is 11.9 Å². The van der Waals surface area contributed by atoms with Gasteiger partial charge in [-0.05, 0) is 23.6 Å². The summed E-state index contributed by atoms with van der Waals surface area (Å²) in [4.78, 5) is 27.6. The molecule has 8 heteroatoms. The molecule has 0 saturated carbocycles. The maximum Gasteiger partial charge on any atom is 0.259 e. The number of rotatable bonds is 3. The van der Waals surface area contributed by atoms with Crippen molar-refractivity contribution < 1.29 is 9.90 Å². The number of anilines is 1. The molecule has 1 aliphatic heterocycles. The van der Waals surface area contributed by atoms with E-state index in [1.807, 2.05) is 48.5 Å². The summed E-state index contributed by atoms with van der Waals surface area (Å²) < 4.78 is 0. The lowest BCUT2D eigenvalue weighted by Crippen LogP contribution is -2.32. The highest BCUT2D eigenvalue weighted by Crippen LogP contribution is 2.39. The SMILES string of the molecule is Cc1c[nH]c2ncnc(N3C=C(C(=O)N[C@H]4C[C@@H](O)c5ccccc54)SCC3)c12. The third-order valence-corrected chi connectivity index (χ3v) is 6.49. The van der Waals surface area contributed by atoms with Crippen LogP contribution in [0.5, 0.6) is 0 Å². The van der Waals surface area contributed by atoms with E-state index in [9.17, 15) is 9.90 Å². The maximum absolute atomic E-state index is 13.0. The zero-order valence-electron chi connectivity index (χ0n) is 15.9. The number of hydrogen-bond donors (Lipinski definition) is 3. The number of nitrogens with one attached hydrogen (secondary N) is 2. The van der Waals surface area contributed by atoms with Gasteiger partial charge in [-0.25, -0.2) is 9.97 Å². The minimum atomic E-state index is -0.535. The summed E-state index contributed by atoms with van der Waals surface area (Å²) in [5.74, 6) is 1.48. The monoisotopic (exact) mass is 407 g/mol. The van der Waals surface area contributed by atoms with E-state index < -0.39 is 6.10 Å². The number of aryl methyl sites for hydroxylation is 1. The van der Waals surface area contributed by atoms with Crippen molar-refractivity contribution in [1.29, 1.82) is 0 Å². The molecule has 0 saturated heterocycles. The highest BCUT2D eigenvalue weighted by Gasteiger charge is 2.31. The maximum atomic E-state index is 13.0. The molecule has 7 nitrogen and oxygen atoms in total. The fraction of sp³-hybridized carbons (Fsp3) is 0.286. The van der Waals surface area contributed by atoms with Crippen molar-refractivity contribution in [2.45, 2.75) is 25.5 Å². The van der Waals surface area contributed by atoms with Crippen LogP contribution in [0.15, 0.2) is 47.9 Å². The Bertz CT molecular complexity index is 1130. The topological polar surface area (TPSA) is 94.1 Å². The van der Waals surface area contributed by atoms with Gasteiger partial charge < -0.3 is 20.3 Å². The zero-order valence-corrected chi connectivity index (χ0v) is 16.7. The fourth-order valence-electron chi connectivity index (χ4n) is 4.08. The van der Waals surface area contributed by atoms with Crippen molar-refractivity contribution in [2.24, 2.45) is 0 Å². The summed E-state index contributed by atoms with van der Waals surface area (Å²) in [7, 11) is 0. The molecule has 0 radical (unpaired) electrons. The molecule has 0 unspecified atom stereocenters. The van der Waals surface area contributed by atoms with Gasteiger partial charge in [0.15, 0.2) is 0 Å². The van der Waals surface area contributed by atoms with Crippen LogP contribution < -0.4 is 10.2 Å². The van der Waals surface area contributed by atoms with Gasteiger partial charge in [0.25, 0.3) is 5.91 Å². The predicted molar refractivity (Wildman–Crippen MR) is 113 cm³/mol. The van der Waals surface area contributed by atoms with Gasteiger partial charge in [0.05, 0.1) is 22.4 Å². The highest BCUT2D eigenvalue weighted by molar-refractivity contribution is 8.04. The van der Waals surface area contributed by atoms with Crippen LogP contribution in [-0.2, 0) is 4.79 Å². The Balaban J connectivity index is 1.41. The number of aromatic amines is 1. The van der Waals surface area contributed by atoms with Gasteiger partial charge in [0.1, 0.15) is 17.8 Å². The molecule has 1 amide bonds. The Kier molecular flexibility index (Phi) is 4.52. The molecule has 5 rings (SSSR count). The van der Waals surface area contributed by atoms with Crippen LogP contribution in [-0.4, -0.2) is 38.3 Å². The van der Waals surface area contributed by atoms with Gasteiger partial charge in [0, 0.05) is 31.1 Å². The van der Waals surface area contributed by atoms with Crippen LogP contribution in [0.4, 0.5) is 5.82 Å². The van der Waals surface area contributed by atoms with Gasteiger partial charge in [-0.3, -0.25) is 4.79 Å². The molecule has 3 N–H and O–H groups in total. The molecular formula is C21H21N5O2S. The largest absolute Gasteiger partial charge is 0.388 e. The lowest BCUT2D eigenvalue weighted by atomic mass is 10.1. The standard InChI is InChI=1S/C21H21N5O2S/c1-12-9-22-19-18(12)20(24-11-23-19)26-6-7-29-17(10-26)21(28)25-15-8-16(27)14-5-3-2-4-13(14)15/h2-5,9-11,15-16,27H,6-8H2,1H3,(H,25,28)(H,22,23,24)/t15-,16+/m0/s1. The van der Waals surface area contributed by atoms with Crippen molar-refractivity contribution in [2.75, 3.05) is 17.2 Å². The second kappa shape index (κ2) is 7.20. The van der Waals surface area contributed by atoms with E-state index in [1.54, 1.807) is 18.1 Å². The minimum absolute atomic E-state index is 0.121. The smallest absolute Gasteiger partial charge is 0.259 e. The Morgan fingerprint density at radius 3 is 3.00 bits per heavy atom. The Labute approximate surface area is 172 Å². The number of carbonyl (C=O) groups excluding carboxylic acids is 1. The summed E-state index contributed by atoms with van der Waals surface area (Å²) in [6.07, 6.45) is 5.30. The number of H-pyrrole nitrogens is 1. The number of fused-ring (bicyclic) bond motifs is 2. The Morgan fingerprint density at radius 2 is 2.14 bits per heavy atom. The van der Waals surface area contributed by atoms with Crippen LogP contribution in [0, 0.1) is 6.92 Å². The predicted octanol–water partition coefficient (Wildman–Crippen LogP) is 2.96. The molecule has 2 aliphatic rings. The summed E-state index contributed by atoms with van der Waals surface area (Å²) in [6, 6.07) is 7.56. The first kappa shape index (κ1) is 18.2. The quantitative estimate of drug-likeness (QED) is 0.618. The average Bonchev–Trinajstić information content (AvgIpc) is 3.28. The second-order valence-electron chi connectivity index (χ2n) is 7.33. The summed E-state index contributed by atoms with van der Waals surface area (Å²) >= 11 is 1.54. The van der Waals surface area contributed by atoms with Gasteiger partial charge in [-0.1, -0.05) is 24.3 Å². The summed E-state index contributed by atoms with van der Waals surface area (Å²) in [5, 5.41) is 14.3. The van der Waals surface area contributed by atoms with Crippen molar-refractivity contribution in [3.05, 3.63) is 64.6 Å². The Morgan fingerprint density at radius 1 is 1.31 bits per heavy atom. The first-order valence-corrected chi connectivity index (χ1v) is 10.6. The molecule has 0 fully saturated rings. The number of aromatic nitrogens is 3. The lowest BCUT2D eigenvalue weighted by molar-refractivity contribution is -0.117. The molecule has 3 heterocycles. The normalized spacial score (nSPS) is 21.2. The number of amides is 1. The molecule has 3 aromatic rings. The number of aliphatic hydroxyl groups excluding tert-OH is 1. The van der Waals surface area contributed by atoms with Crippen LogP contribution in [0.3, 0.4) is 0 Å². The van der Waals surface area contributed by atoms with Crippen molar-refractivity contribution >= 4 is 34.5 Å². The number of nitrogens with zero attached hydrogens (tertiary/aromatic N) is 3. The van der Waals surface area contributed by atoms with Crippen LogP contribution in [0.2, 0.25) is 0 Å². The van der Waals surface area contributed by atoms with E-state index >= 15 is 0 Å². The fourth-order valence-corrected chi connectivity index (χ4v) is 4.98. The van der Waals surface area contributed by atoms with Crippen LogP contribution >= 0.6 is 11.8 Å². The molecule has 29 heavy (non-hydrogen) atoms. The van der Waals surface area contributed by atoms with Crippen molar-refractivity contribution in [3.8, 4) is 0 Å². The molecule has 148 valence electrons. The van der Waals surface area contributed by atoms with Gasteiger partial charge in [0.2, 0.25) is 0 Å². The zero-order chi connectivity index (χ0) is 20.0. The first-order chi connectivity index (χ1) is 14.1. The first-order valence-electron chi connectivity index (χ1n) is 9.59. The van der Waals surface area contributed by atoms with E-state index in [0.717, 1.165) is 45.8 Å². The van der Waals surface area contributed by atoms with Gasteiger partial charge in [-0.15, -0.1) is 11.8 Å². The minimum Gasteiger partial charge on any atom is -0.388 e. The average molecular weight is 407 g/mol. The number of thioether (sulfide) groups is 1. The Hall–Kier alpha value is -2.84. The van der Waals surface area contributed by atoms with Gasteiger partial charge >= 0.3 is 0 Å². The van der Waals surface area contributed by atoms with Crippen LogP contribution in [0.1, 0.15) is 35.3 Å². The van der Waals surface area contributed by atoms with Crippen LogP contribution in [0.25, 0.3) is 11.0 Å².